The van der Waals surface area contributed by atoms with E-state index in [0.717, 1.165) is 48.2 Å². The van der Waals surface area contributed by atoms with Crippen molar-refractivity contribution >= 4 is 11.5 Å². The molecular formula is C18H23N7O. The lowest BCUT2D eigenvalue weighted by Crippen LogP contribution is -2.58. The lowest BCUT2D eigenvalue weighted by molar-refractivity contribution is 0.195. The minimum atomic E-state index is 0.508. The van der Waals surface area contributed by atoms with E-state index in [2.05, 4.69) is 38.3 Å². The molecule has 3 aromatic heterocycles. The van der Waals surface area contributed by atoms with Crippen molar-refractivity contribution in [3.63, 3.8) is 0 Å². The van der Waals surface area contributed by atoms with Gasteiger partial charge < -0.3 is 9.42 Å². The van der Waals surface area contributed by atoms with Crippen molar-refractivity contribution in [1.82, 2.24) is 29.9 Å². The third-order valence-electron chi connectivity index (χ3n) is 5.82. The molecule has 0 amide bonds. The molecule has 2 aliphatic rings. The summed E-state index contributed by atoms with van der Waals surface area (Å²) in [5.74, 6) is 3.44. The van der Waals surface area contributed by atoms with Gasteiger partial charge in [0.05, 0.1) is 6.20 Å². The Kier molecular flexibility index (Phi) is 3.66. The van der Waals surface area contributed by atoms with Crippen molar-refractivity contribution in [3.8, 4) is 0 Å². The second-order valence-corrected chi connectivity index (χ2v) is 7.53. The van der Waals surface area contributed by atoms with Crippen LogP contribution in [0.1, 0.15) is 42.3 Å². The highest BCUT2D eigenvalue weighted by molar-refractivity contribution is 5.48. The van der Waals surface area contributed by atoms with Crippen LogP contribution < -0.4 is 4.90 Å². The standard InChI is InChI=1S/C18H23N7O/c1-12-14(8-19-26-12)9-23(2)15-10-24(11-15)17-7-6-16-20-21-18(25(16)22-17)13-4-3-5-13/h6-8,13,15H,3-5,9-11H2,1-2H3. The second-order valence-electron chi connectivity index (χ2n) is 7.53. The number of hydrogen-bond donors (Lipinski definition) is 0. The number of fused-ring (bicyclic) bond motifs is 1. The molecule has 4 heterocycles. The molecule has 0 spiro atoms. The molecule has 2 fully saturated rings. The number of rotatable bonds is 5. The van der Waals surface area contributed by atoms with Gasteiger partial charge in [0.25, 0.3) is 0 Å². The van der Waals surface area contributed by atoms with Gasteiger partial charge in [-0.2, -0.15) is 4.52 Å². The van der Waals surface area contributed by atoms with Crippen LogP contribution in [0.4, 0.5) is 5.82 Å². The molecule has 0 N–H and O–H groups in total. The fraction of sp³-hybridized carbons (Fsp3) is 0.556. The fourth-order valence-electron chi connectivity index (χ4n) is 3.68. The van der Waals surface area contributed by atoms with E-state index in [1.165, 1.54) is 19.3 Å². The van der Waals surface area contributed by atoms with Gasteiger partial charge in [0.1, 0.15) is 11.6 Å². The van der Waals surface area contributed by atoms with Crippen molar-refractivity contribution in [1.29, 1.82) is 0 Å². The zero-order chi connectivity index (χ0) is 17.7. The van der Waals surface area contributed by atoms with Crippen molar-refractivity contribution in [2.75, 3.05) is 25.0 Å². The number of hydrogen-bond acceptors (Lipinski definition) is 7. The Balaban J connectivity index is 1.27. The molecule has 136 valence electrons. The summed E-state index contributed by atoms with van der Waals surface area (Å²) in [5.41, 5.74) is 1.99. The first-order valence-electron chi connectivity index (χ1n) is 9.27. The van der Waals surface area contributed by atoms with E-state index in [9.17, 15) is 0 Å². The quantitative estimate of drug-likeness (QED) is 0.694. The third kappa shape index (κ3) is 2.56. The summed E-state index contributed by atoms with van der Waals surface area (Å²) in [6.45, 7) is 4.76. The summed E-state index contributed by atoms with van der Waals surface area (Å²) in [4.78, 5) is 4.67. The molecule has 1 aliphatic heterocycles. The number of aromatic nitrogens is 5. The number of aryl methyl sites for hydroxylation is 1. The SMILES string of the molecule is Cc1oncc1CN(C)C1CN(c2ccc3nnc(C4CCC4)n3n2)C1. The first kappa shape index (κ1) is 15.7. The number of anilines is 1. The van der Waals surface area contributed by atoms with Crippen LogP contribution in [0.25, 0.3) is 5.65 Å². The van der Waals surface area contributed by atoms with Gasteiger partial charge in [-0.1, -0.05) is 11.6 Å². The first-order valence-corrected chi connectivity index (χ1v) is 9.27. The van der Waals surface area contributed by atoms with Crippen LogP contribution in [-0.4, -0.2) is 56.0 Å². The van der Waals surface area contributed by atoms with Crippen molar-refractivity contribution < 1.29 is 4.52 Å². The highest BCUT2D eigenvalue weighted by atomic mass is 16.5. The van der Waals surface area contributed by atoms with Gasteiger partial charge >= 0.3 is 0 Å². The lowest BCUT2D eigenvalue weighted by Gasteiger charge is -2.44. The molecule has 0 unspecified atom stereocenters. The Morgan fingerprint density at radius 1 is 1.23 bits per heavy atom. The third-order valence-corrected chi connectivity index (χ3v) is 5.82. The average molecular weight is 353 g/mol. The van der Waals surface area contributed by atoms with E-state index < -0.39 is 0 Å². The van der Waals surface area contributed by atoms with Crippen LogP contribution in [0, 0.1) is 6.92 Å². The van der Waals surface area contributed by atoms with Crippen LogP contribution in [0.5, 0.6) is 0 Å². The van der Waals surface area contributed by atoms with Crippen molar-refractivity contribution in [3.05, 3.63) is 35.5 Å². The Labute approximate surface area is 151 Å². The van der Waals surface area contributed by atoms with Crippen LogP contribution in [-0.2, 0) is 6.54 Å². The van der Waals surface area contributed by atoms with E-state index in [1.54, 1.807) is 0 Å². The minimum absolute atomic E-state index is 0.508. The second kappa shape index (κ2) is 6.05. The molecule has 0 bridgehead atoms. The van der Waals surface area contributed by atoms with Crippen molar-refractivity contribution in [2.45, 2.75) is 44.7 Å². The molecule has 0 aromatic carbocycles. The maximum Gasteiger partial charge on any atom is 0.178 e. The van der Waals surface area contributed by atoms with Gasteiger partial charge in [-0.15, -0.1) is 15.3 Å². The van der Waals surface area contributed by atoms with E-state index in [4.69, 9.17) is 9.62 Å². The maximum atomic E-state index is 5.15. The van der Waals surface area contributed by atoms with Gasteiger partial charge in [0.15, 0.2) is 11.5 Å². The topological polar surface area (TPSA) is 75.6 Å². The van der Waals surface area contributed by atoms with Gasteiger partial charge in [0.2, 0.25) is 0 Å². The molecule has 1 aliphatic carbocycles. The Hall–Kier alpha value is -2.48. The lowest BCUT2D eigenvalue weighted by atomic mass is 9.85. The molecule has 3 aromatic rings. The monoisotopic (exact) mass is 353 g/mol. The van der Waals surface area contributed by atoms with Crippen LogP contribution >= 0.6 is 0 Å². The zero-order valence-corrected chi connectivity index (χ0v) is 15.2. The molecule has 8 heteroatoms. The number of likely N-dealkylation sites (N-methyl/N-ethyl adjacent to an activating group) is 1. The molecule has 0 radical (unpaired) electrons. The zero-order valence-electron chi connectivity index (χ0n) is 15.2. The molecule has 8 nitrogen and oxygen atoms in total. The van der Waals surface area contributed by atoms with Crippen LogP contribution in [0.2, 0.25) is 0 Å². The van der Waals surface area contributed by atoms with Gasteiger partial charge in [-0.05, 0) is 38.9 Å². The summed E-state index contributed by atoms with van der Waals surface area (Å²) in [7, 11) is 2.15. The molecule has 1 saturated heterocycles. The highest BCUT2D eigenvalue weighted by Crippen LogP contribution is 2.35. The largest absolute Gasteiger partial charge is 0.361 e. The van der Waals surface area contributed by atoms with Crippen LogP contribution in [0.3, 0.4) is 0 Å². The van der Waals surface area contributed by atoms with Gasteiger partial charge in [-0.3, -0.25) is 4.90 Å². The van der Waals surface area contributed by atoms with E-state index in [-0.39, 0.29) is 0 Å². The molecular weight excluding hydrogens is 330 g/mol. The summed E-state index contributed by atoms with van der Waals surface area (Å²) in [6.07, 6.45) is 5.49. The van der Waals surface area contributed by atoms with Crippen molar-refractivity contribution in [2.24, 2.45) is 0 Å². The number of nitrogens with zero attached hydrogens (tertiary/aromatic N) is 7. The Morgan fingerprint density at radius 2 is 2.08 bits per heavy atom. The van der Waals surface area contributed by atoms with Crippen LogP contribution in [0.15, 0.2) is 22.9 Å². The average Bonchev–Trinajstić information content (AvgIpc) is 3.12. The summed E-state index contributed by atoms with van der Waals surface area (Å²) >= 11 is 0. The van der Waals surface area contributed by atoms with E-state index in [1.807, 2.05) is 23.7 Å². The summed E-state index contributed by atoms with van der Waals surface area (Å²) < 4.78 is 7.09. The predicted molar refractivity (Wildman–Crippen MR) is 96.1 cm³/mol. The summed E-state index contributed by atoms with van der Waals surface area (Å²) in [6, 6.07) is 4.58. The molecule has 1 saturated carbocycles. The Morgan fingerprint density at radius 3 is 2.77 bits per heavy atom. The normalized spacial score (nSPS) is 18.5. The van der Waals surface area contributed by atoms with Gasteiger partial charge in [-0.25, -0.2) is 0 Å². The van der Waals surface area contributed by atoms with E-state index in [0.29, 0.717) is 12.0 Å². The maximum absolute atomic E-state index is 5.15. The minimum Gasteiger partial charge on any atom is -0.361 e. The Bertz CT molecular complexity index is 923. The predicted octanol–water partition coefficient (Wildman–Crippen LogP) is 2.01. The molecule has 26 heavy (non-hydrogen) atoms. The molecule has 0 atom stereocenters. The smallest absolute Gasteiger partial charge is 0.178 e. The van der Waals surface area contributed by atoms with Gasteiger partial charge in [0, 0.05) is 37.2 Å². The fourth-order valence-corrected chi connectivity index (χ4v) is 3.68. The first-order chi connectivity index (χ1) is 12.7. The summed E-state index contributed by atoms with van der Waals surface area (Å²) in [5, 5.41) is 17.3. The van der Waals surface area contributed by atoms with E-state index >= 15 is 0 Å². The highest BCUT2D eigenvalue weighted by Gasteiger charge is 2.32. The molecule has 5 rings (SSSR count).